The number of aromatic nitrogens is 2. The largest absolute Gasteiger partial charge is 0.339 e. The molecule has 2 amide bonds. The molecule has 0 radical (unpaired) electrons. The number of benzene rings is 1. The third-order valence-electron chi connectivity index (χ3n) is 3.97. The van der Waals surface area contributed by atoms with Gasteiger partial charge in [0.25, 0.3) is 5.91 Å². The zero-order valence-electron chi connectivity index (χ0n) is 13.8. The van der Waals surface area contributed by atoms with Gasteiger partial charge in [0, 0.05) is 45.0 Å². The van der Waals surface area contributed by atoms with Gasteiger partial charge >= 0.3 is 0 Å². The molecule has 1 N–H and O–H groups in total. The Labute approximate surface area is 144 Å². The maximum atomic E-state index is 13.2. The van der Waals surface area contributed by atoms with Crippen molar-refractivity contribution in [3.05, 3.63) is 48.0 Å². The number of halogens is 1. The van der Waals surface area contributed by atoms with Crippen molar-refractivity contribution in [2.45, 2.75) is 6.92 Å². The van der Waals surface area contributed by atoms with E-state index in [0.29, 0.717) is 31.9 Å². The lowest BCUT2D eigenvalue weighted by Gasteiger charge is -2.34. The second-order valence-electron chi connectivity index (χ2n) is 5.70. The van der Waals surface area contributed by atoms with Crippen LogP contribution in [0.15, 0.2) is 36.5 Å². The summed E-state index contributed by atoms with van der Waals surface area (Å²) in [6.07, 6.45) is 1.48. The number of carbonyl (C=O) groups is 2. The molecule has 0 saturated carbocycles. The fraction of sp³-hybridized carbons (Fsp3) is 0.294. The van der Waals surface area contributed by atoms with Gasteiger partial charge < -0.3 is 15.1 Å². The molecule has 7 nitrogen and oxygen atoms in total. The van der Waals surface area contributed by atoms with Gasteiger partial charge in [0.15, 0.2) is 0 Å². The SMILES string of the molecule is CC(=O)N1CCN(C(=O)c2ccnc(Nc3cccc(F)c3)n2)CC1. The first-order valence-electron chi connectivity index (χ1n) is 7.93. The van der Waals surface area contributed by atoms with E-state index >= 15 is 0 Å². The maximum Gasteiger partial charge on any atom is 0.272 e. The number of carbonyl (C=O) groups excluding carboxylic acids is 2. The monoisotopic (exact) mass is 343 g/mol. The molecule has 130 valence electrons. The topological polar surface area (TPSA) is 78.4 Å². The smallest absolute Gasteiger partial charge is 0.272 e. The number of nitrogens with zero attached hydrogens (tertiary/aromatic N) is 4. The van der Waals surface area contributed by atoms with E-state index in [1.54, 1.807) is 21.9 Å². The zero-order chi connectivity index (χ0) is 17.8. The fourth-order valence-corrected chi connectivity index (χ4v) is 2.62. The van der Waals surface area contributed by atoms with Gasteiger partial charge in [0.2, 0.25) is 11.9 Å². The molecule has 1 fully saturated rings. The first kappa shape index (κ1) is 16.8. The first-order chi connectivity index (χ1) is 12.0. The van der Waals surface area contributed by atoms with Crippen LogP contribution >= 0.6 is 0 Å². The van der Waals surface area contributed by atoms with Crippen LogP contribution in [0.25, 0.3) is 0 Å². The van der Waals surface area contributed by atoms with Crippen LogP contribution in [0.3, 0.4) is 0 Å². The molecule has 0 bridgehead atoms. The lowest BCUT2D eigenvalue weighted by molar-refractivity contribution is -0.130. The molecule has 1 aliphatic rings. The third-order valence-corrected chi connectivity index (χ3v) is 3.97. The third kappa shape index (κ3) is 4.09. The lowest BCUT2D eigenvalue weighted by atomic mass is 10.2. The van der Waals surface area contributed by atoms with Gasteiger partial charge in [-0.25, -0.2) is 14.4 Å². The summed E-state index contributed by atoms with van der Waals surface area (Å²) in [5.41, 5.74) is 0.754. The summed E-state index contributed by atoms with van der Waals surface area (Å²) in [6, 6.07) is 7.45. The van der Waals surface area contributed by atoms with Crippen LogP contribution in [0.1, 0.15) is 17.4 Å². The zero-order valence-corrected chi connectivity index (χ0v) is 13.8. The normalized spacial score (nSPS) is 14.3. The summed E-state index contributed by atoms with van der Waals surface area (Å²) < 4.78 is 13.2. The Balaban J connectivity index is 1.69. The van der Waals surface area contributed by atoms with Crippen LogP contribution in [0, 0.1) is 5.82 Å². The van der Waals surface area contributed by atoms with Crippen LogP contribution in [-0.4, -0.2) is 57.8 Å². The van der Waals surface area contributed by atoms with E-state index in [1.807, 2.05) is 0 Å². The van der Waals surface area contributed by atoms with Gasteiger partial charge in [-0.05, 0) is 24.3 Å². The van der Waals surface area contributed by atoms with E-state index in [2.05, 4.69) is 15.3 Å². The molecule has 1 aromatic carbocycles. The standard InChI is InChI=1S/C17H18FN5O2/c1-12(24)22-7-9-23(10-8-22)16(25)15-5-6-19-17(21-15)20-14-4-2-3-13(18)11-14/h2-6,11H,7-10H2,1H3,(H,19,20,21). The molecule has 1 aromatic heterocycles. The van der Waals surface area contributed by atoms with Gasteiger partial charge in [-0.3, -0.25) is 9.59 Å². The number of nitrogens with one attached hydrogen (secondary N) is 1. The average Bonchev–Trinajstić information content (AvgIpc) is 2.61. The van der Waals surface area contributed by atoms with Gasteiger partial charge in [0.1, 0.15) is 11.5 Å². The minimum absolute atomic E-state index is 0.00992. The predicted molar refractivity (Wildman–Crippen MR) is 89.9 cm³/mol. The summed E-state index contributed by atoms with van der Waals surface area (Å²) in [6.45, 7) is 3.48. The van der Waals surface area contributed by atoms with Crippen molar-refractivity contribution in [3.8, 4) is 0 Å². The minimum atomic E-state index is -0.374. The molecular formula is C17H18FN5O2. The van der Waals surface area contributed by atoms with Crippen LogP contribution < -0.4 is 5.32 Å². The molecule has 25 heavy (non-hydrogen) atoms. The summed E-state index contributed by atoms with van der Waals surface area (Å²) in [5.74, 6) is -0.358. The van der Waals surface area contributed by atoms with Crippen LogP contribution in [-0.2, 0) is 4.79 Å². The molecule has 0 atom stereocenters. The number of hydrogen-bond donors (Lipinski definition) is 1. The van der Waals surface area contributed by atoms with E-state index in [-0.39, 0.29) is 29.3 Å². The van der Waals surface area contributed by atoms with Crippen LogP contribution in [0.5, 0.6) is 0 Å². The Morgan fingerprint density at radius 2 is 1.84 bits per heavy atom. The number of anilines is 2. The molecular weight excluding hydrogens is 325 g/mol. The minimum Gasteiger partial charge on any atom is -0.339 e. The van der Waals surface area contributed by atoms with Crippen molar-refractivity contribution in [1.82, 2.24) is 19.8 Å². The Morgan fingerprint density at radius 3 is 2.52 bits per heavy atom. The highest BCUT2D eigenvalue weighted by atomic mass is 19.1. The summed E-state index contributed by atoms with van der Waals surface area (Å²) in [7, 11) is 0. The Bertz CT molecular complexity index is 790. The molecule has 0 spiro atoms. The van der Waals surface area contributed by atoms with Crippen molar-refractivity contribution in [2.75, 3.05) is 31.5 Å². The molecule has 1 saturated heterocycles. The van der Waals surface area contributed by atoms with Crippen molar-refractivity contribution in [2.24, 2.45) is 0 Å². The Morgan fingerprint density at radius 1 is 1.12 bits per heavy atom. The van der Waals surface area contributed by atoms with Gasteiger partial charge in [0.05, 0.1) is 0 Å². The molecule has 8 heteroatoms. The molecule has 3 rings (SSSR count). The highest BCUT2D eigenvalue weighted by molar-refractivity contribution is 5.92. The Hall–Kier alpha value is -3.03. The van der Waals surface area contributed by atoms with Gasteiger partial charge in [-0.1, -0.05) is 6.07 Å². The average molecular weight is 343 g/mol. The van der Waals surface area contributed by atoms with Crippen LogP contribution in [0.4, 0.5) is 16.0 Å². The van der Waals surface area contributed by atoms with E-state index < -0.39 is 0 Å². The quantitative estimate of drug-likeness (QED) is 0.917. The van der Waals surface area contributed by atoms with E-state index in [1.165, 1.54) is 31.3 Å². The first-order valence-corrected chi connectivity index (χ1v) is 7.93. The number of hydrogen-bond acceptors (Lipinski definition) is 5. The molecule has 1 aliphatic heterocycles. The van der Waals surface area contributed by atoms with E-state index in [9.17, 15) is 14.0 Å². The summed E-state index contributed by atoms with van der Waals surface area (Å²) in [5, 5.41) is 2.88. The fourth-order valence-electron chi connectivity index (χ4n) is 2.62. The van der Waals surface area contributed by atoms with Gasteiger partial charge in [-0.15, -0.1) is 0 Å². The van der Waals surface area contributed by atoms with E-state index in [0.717, 1.165) is 0 Å². The van der Waals surface area contributed by atoms with Crippen molar-refractivity contribution in [1.29, 1.82) is 0 Å². The van der Waals surface area contributed by atoms with Crippen molar-refractivity contribution in [3.63, 3.8) is 0 Å². The van der Waals surface area contributed by atoms with Crippen molar-refractivity contribution < 1.29 is 14.0 Å². The van der Waals surface area contributed by atoms with Crippen LogP contribution in [0.2, 0.25) is 0 Å². The molecule has 2 heterocycles. The second-order valence-corrected chi connectivity index (χ2v) is 5.70. The lowest BCUT2D eigenvalue weighted by Crippen LogP contribution is -2.50. The highest BCUT2D eigenvalue weighted by Crippen LogP contribution is 2.15. The summed E-state index contributed by atoms with van der Waals surface area (Å²) in [4.78, 5) is 35.6. The molecule has 0 aliphatic carbocycles. The maximum absolute atomic E-state index is 13.2. The Kier molecular flexibility index (Phi) is 4.87. The highest BCUT2D eigenvalue weighted by Gasteiger charge is 2.24. The number of amides is 2. The summed E-state index contributed by atoms with van der Waals surface area (Å²) >= 11 is 0. The number of piperazine rings is 1. The number of rotatable bonds is 3. The predicted octanol–water partition coefficient (Wildman–Crippen LogP) is 1.66. The van der Waals surface area contributed by atoms with Crippen molar-refractivity contribution >= 4 is 23.5 Å². The second kappa shape index (κ2) is 7.25. The molecule has 0 unspecified atom stereocenters. The van der Waals surface area contributed by atoms with E-state index in [4.69, 9.17) is 0 Å². The molecule has 2 aromatic rings. The van der Waals surface area contributed by atoms with Gasteiger partial charge in [-0.2, -0.15) is 0 Å².